The molecule has 6 nitrogen and oxygen atoms in total. The monoisotopic (exact) mass is 362 g/mol. The van der Waals surface area contributed by atoms with Crippen LogP contribution in [0.25, 0.3) is 0 Å². The van der Waals surface area contributed by atoms with Crippen molar-refractivity contribution in [1.82, 2.24) is 9.88 Å². The molecule has 2 rings (SSSR count). The predicted molar refractivity (Wildman–Crippen MR) is 102 cm³/mol. The summed E-state index contributed by atoms with van der Waals surface area (Å²) in [5.41, 5.74) is 1.79. The number of nitrogens with one attached hydrogen (secondary N) is 2. The van der Waals surface area contributed by atoms with Gasteiger partial charge in [-0.1, -0.05) is 11.6 Å². The minimum absolute atomic E-state index is 0.293. The molecular weight excluding hydrogens is 340 g/mol. The number of anilines is 2. The van der Waals surface area contributed by atoms with E-state index >= 15 is 0 Å². The van der Waals surface area contributed by atoms with Crippen LogP contribution in [-0.4, -0.2) is 50.1 Å². The van der Waals surface area contributed by atoms with Gasteiger partial charge in [-0.05, 0) is 57.4 Å². The van der Waals surface area contributed by atoms with Gasteiger partial charge in [-0.3, -0.25) is 9.78 Å². The quantitative estimate of drug-likeness (QED) is 0.705. The summed E-state index contributed by atoms with van der Waals surface area (Å²) < 4.78 is 5.10. The van der Waals surface area contributed by atoms with Gasteiger partial charge in [0.1, 0.15) is 11.4 Å². The molecule has 0 unspecified atom stereocenters. The molecule has 0 saturated heterocycles. The molecule has 2 aromatic rings. The third kappa shape index (κ3) is 5.92. The Morgan fingerprint density at radius 1 is 1.24 bits per heavy atom. The summed E-state index contributed by atoms with van der Waals surface area (Å²) in [6, 6.07) is 8.65. The van der Waals surface area contributed by atoms with Crippen LogP contribution < -0.4 is 15.4 Å². The summed E-state index contributed by atoms with van der Waals surface area (Å²) in [5.74, 6) is 0.264. The minimum Gasteiger partial charge on any atom is -0.495 e. The second-order valence-electron chi connectivity index (χ2n) is 5.82. The largest absolute Gasteiger partial charge is 0.495 e. The van der Waals surface area contributed by atoms with Crippen molar-refractivity contribution in [2.24, 2.45) is 0 Å². The first-order valence-corrected chi connectivity index (χ1v) is 8.37. The summed E-state index contributed by atoms with van der Waals surface area (Å²) in [4.78, 5) is 18.6. The molecule has 0 aliphatic rings. The number of methoxy groups -OCH3 is 1. The highest BCUT2D eigenvalue weighted by Gasteiger charge is 2.10. The van der Waals surface area contributed by atoms with Crippen molar-refractivity contribution >= 4 is 28.9 Å². The van der Waals surface area contributed by atoms with Crippen LogP contribution in [0.5, 0.6) is 5.75 Å². The lowest BCUT2D eigenvalue weighted by Crippen LogP contribution is -2.17. The molecule has 1 amide bonds. The number of halogens is 1. The summed E-state index contributed by atoms with van der Waals surface area (Å²) in [5, 5.41) is 6.52. The van der Waals surface area contributed by atoms with E-state index < -0.39 is 0 Å². The SMILES string of the molecule is COc1ccc(NC(=O)c2cc(NCCCN(C)C)ccn2)cc1Cl. The fraction of sp³-hybridized carbons (Fsp3) is 0.333. The van der Waals surface area contributed by atoms with Crippen LogP contribution in [-0.2, 0) is 0 Å². The number of hydrogen-bond acceptors (Lipinski definition) is 5. The van der Waals surface area contributed by atoms with Crippen molar-refractivity contribution in [3.8, 4) is 5.75 Å². The molecule has 0 radical (unpaired) electrons. The molecule has 0 spiro atoms. The Morgan fingerprint density at radius 2 is 2.04 bits per heavy atom. The number of carbonyl (C=O) groups excluding carboxylic acids is 1. The maximum absolute atomic E-state index is 12.4. The van der Waals surface area contributed by atoms with Gasteiger partial charge < -0.3 is 20.3 Å². The Balaban J connectivity index is 1.97. The number of benzene rings is 1. The number of carbonyl (C=O) groups is 1. The standard InChI is InChI=1S/C18H23ClN4O2/c1-23(2)10-4-8-20-13-7-9-21-16(12-13)18(24)22-14-5-6-17(25-3)15(19)11-14/h5-7,9,11-12H,4,8,10H2,1-3H3,(H,20,21)(H,22,24). The highest BCUT2D eigenvalue weighted by Crippen LogP contribution is 2.27. The Morgan fingerprint density at radius 3 is 2.72 bits per heavy atom. The van der Waals surface area contributed by atoms with Gasteiger partial charge in [-0.25, -0.2) is 0 Å². The van der Waals surface area contributed by atoms with Crippen LogP contribution in [0.3, 0.4) is 0 Å². The molecule has 25 heavy (non-hydrogen) atoms. The Bertz CT molecular complexity index is 722. The van der Waals surface area contributed by atoms with Crippen molar-refractivity contribution in [3.63, 3.8) is 0 Å². The van der Waals surface area contributed by atoms with E-state index in [0.29, 0.717) is 22.2 Å². The van der Waals surface area contributed by atoms with E-state index in [1.54, 1.807) is 37.6 Å². The van der Waals surface area contributed by atoms with Crippen molar-refractivity contribution in [1.29, 1.82) is 0 Å². The fourth-order valence-corrected chi connectivity index (χ4v) is 2.49. The lowest BCUT2D eigenvalue weighted by Gasteiger charge is -2.11. The van der Waals surface area contributed by atoms with E-state index in [9.17, 15) is 4.79 Å². The topological polar surface area (TPSA) is 66.5 Å². The zero-order chi connectivity index (χ0) is 18.2. The van der Waals surface area contributed by atoms with Gasteiger partial charge in [-0.15, -0.1) is 0 Å². The first-order valence-electron chi connectivity index (χ1n) is 7.99. The van der Waals surface area contributed by atoms with E-state index in [2.05, 4.69) is 20.5 Å². The van der Waals surface area contributed by atoms with Crippen LogP contribution in [0.4, 0.5) is 11.4 Å². The Labute approximate surface area is 153 Å². The third-order valence-electron chi connectivity index (χ3n) is 3.51. The minimum atomic E-state index is -0.293. The summed E-state index contributed by atoms with van der Waals surface area (Å²) >= 11 is 6.07. The Kier molecular flexibility index (Phi) is 7.03. The van der Waals surface area contributed by atoms with Crippen molar-refractivity contribution in [3.05, 3.63) is 47.2 Å². The number of nitrogens with zero attached hydrogens (tertiary/aromatic N) is 2. The van der Waals surface area contributed by atoms with Gasteiger partial charge >= 0.3 is 0 Å². The van der Waals surface area contributed by atoms with Gasteiger partial charge in [0.2, 0.25) is 0 Å². The lowest BCUT2D eigenvalue weighted by molar-refractivity contribution is 0.102. The molecular formula is C18H23ClN4O2. The highest BCUT2D eigenvalue weighted by molar-refractivity contribution is 6.32. The molecule has 0 aliphatic carbocycles. The van der Waals surface area contributed by atoms with E-state index in [1.807, 2.05) is 20.2 Å². The number of rotatable bonds is 8. The highest BCUT2D eigenvalue weighted by atomic mass is 35.5. The molecule has 1 aromatic carbocycles. The van der Waals surface area contributed by atoms with E-state index in [0.717, 1.165) is 25.2 Å². The second-order valence-corrected chi connectivity index (χ2v) is 6.22. The maximum Gasteiger partial charge on any atom is 0.274 e. The molecule has 134 valence electrons. The number of pyridine rings is 1. The number of ether oxygens (including phenoxy) is 1. The third-order valence-corrected chi connectivity index (χ3v) is 3.81. The average molecular weight is 363 g/mol. The molecule has 0 bridgehead atoms. The molecule has 0 fully saturated rings. The first kappa shape index (κ1) is 19.0. The molecule has 1 heterocycles. The number of amides is 1. The van der Waals surface area contributed by atoms with Crippen molar-refractivity contribution in [2.75, 3.05) is 44.9 Å². The molecule has 0 atom stereocenters. The lowest BCUT2D eigenvalue weighted by atomic mass is 10.2. The van der Waals surface area contributed by atoms with E-state index in [4.69, 9.17) is 16.3 Å². The molecule has 1 aromatic heterocycles. The number of hydrogen-bond donors (Lipinski definition) is 2. The second kappa shape index (κ2) is 9.25. The van der Waals surface area contributed by atoms with Crippen LogP contribution >= 0.6 is 11.6 Å². The van der Waals surface area contributed by atoms with Crippen LogP contribution in [0.15, 0.2) is 36.5 Å². The van der Waals surface area contributed by atoms with E-state index in [1.165, 1.54) is 0 Å². The first-order chi connectivity index (χ1) is 12.0. The maximum atomic E-state index is 12.4. The Hall–Kier alpha value is -2.31. The zero-order valence-electron chi connectivity index (χ0n) is 14.7. The smallest absolute Gasteiger partial charge is 0.274 e. The van der Waals surface area contributed by atoms with Crippen molar-refractivity contribution < 1.29 is 9.53 Å². The van der Waals surface area contributed by atoms with Gasteiger partial charge in [-0.2, -0.15) is 0 Å². The van der Waals surface area contributed by atoms with Crippen LogP contribution in [0, 0.1) is 0 Å². The molecule has 2 N–H and O–H groups in total. The van der Waals surface area contributed by atoms with Gasteiger partial charge in [0, 0.05) is 24.1 Å². The zero-order valence-corrected chi connectivity index (χ0v) is 15.4. The normalized spacial score (nSPS) is 10.6. The van der Waals surface area contributed by atoms with Gasteiger partial charge in [0.15, 0.2) is 0 Å². The van der Waals surface area contributed by atoms with Gasteiger partial charge in [0.25, 0.3) is 5.91 Å². The van der Waals surface area contributed by atoms with Crippen LogP contribution in [0.1, 0.15) is 16.9 Å². The van der Waals surface area contributed by atoms with Crippen LogP contribution in [0.2, 0.25) is 5.02 Å². The summed E-state index contributed by atoms with van der Waals surface area (Å²) in [7, 11) is 5.63. The average Bonchev–Trinajstić information content (AvgIpc) is 2.59. The number of aromatic nitrogens is 1. The summed E-state index contributed by atoms with van der Waals surface area (Å²) in [6.07, 6.45) is 2.63. The fourth-order valence-electron chi connectivity index (χ4n) is 2.23. The molecule has 7 heteroatoms. The predicted octanol–water partition coefficient (Wildman–Crippen LogP) is 3.36. The van der Waals surface area contributed by atoms with Gasteiger partial charge in [0.05, 0.1) is 12.1 Å². The van der Waals surface area contributed by atoms with E-state index in [-0.39, 0.29) is 5.91 Å². The molecule has 0 saturated carbocycles. The van der Waals surface area contributed by atoms with Crippen molar-refractivity contribution in [2.45, 2.75) is 6.42 Å². The summed E-state index contributed by atoms with van der Waals surface area (Å²) in [6.45, 7) is 1.83. The molecule has 0 aliphatic heterocycles.